The van der Waals surface area contributed by atoms with Crippen molar-refractivity contribution in [2.24, 2.45) is 0 Å². The van der Waals surface area contributed by atoms with Gasteiger partial charge in [-0.15, -0.1) is 5.75 Å². The molecule has 3 rings (SSSR count). The van der Waals surface area contributed by atoms with Crippen LogP contribution in [0, 0.1) is 0 Å². The Hall–Kier alpha value is -2.00. The molecule has 19 heavy (non-hydrogen) atoms. The van der Waals surface area contributed by atoms with E-state index in [2.05, 4.69) is 19.1 Å². The van der Waals surface area contributed by atoms with Crippen molar-refractivity contribution < 1.29 is 10.3 Å². The number of hydroxylamine groups is 1. The van der Waals surface area contributed by atoms with Gasteiger partial charge in [-0.05, 0) is 23.1 Å². The fraction of sp³-hybridized carbons (Fsp3) is 0.250. The second kappa shape index (κ2) is 4.59. The third-order valence-corrected chi connectivity index (χ3v) is 3.98. The summed E-state index contributed by atoms with van der Waals surface area (Å²) < 4.78 is 0. The number of nitrogens with zero attached hydrogens (tertiary/aromatic N) is 1. The van der Waals surface area contributed by atoms with Gasteiger partial charge in [0.1, 0.15) is 0 Å². The van der Waals surface area contributed by atoms with Crippen molar-refractivity contribution in [3.8, 4) is 5.75 Å². The molecule has 0 radical (unpaired) electrons. The monoisotopic (exact) mass is 254 g/mol. The van der Waals surface area contributed by atoms with Crippen molar-refractivity contribution >= 4 is 5.69 Å². The third kappa shape index (κ3) is 2.06. The van der Waals surface area contributed by atoms with Crippen molar-refractivity contribution in [3.05, 3.63) is 59.7 Å². The molecule has 0 saturated heterocycles. The maximum Gasteiger partial charge on any atom is 0.0669 e. The number of benzene rings is 2. The highest BCUT2D eigenvalue weighted by Gasteiger charge is 2.32. The van der Waals surface area contributed by atoms with Crippen LogP contribution in [-0.2, 0) is 0 Å². The standard InChI is InChI=1S/C16H17NO2/c1-11(12-5-3-2-4-6-12)15-10-17(19)16-8-7-13(18)9-14(15)16/h2-9,11,15,18-19H,10H2,1H3/p-1. The van der Waals surface area contributed by atoms with Gasteiger partial charge in [0, 0.05) is 5.92 Å². The molecule has 2 atom stereocenters. The fourth-order valence-corrected chi connectivity index (χ4v) is 2.86. The smallest absolute Gasteiger partial charge is 0.0669 e. The molecule has 0 amide bonds. The molecule has 1 heterocycles. The van der Waals surface area contributed by atoms with E-state index in [-0.39, 0.29) is 17.6 Å². The molecular formula is C16H16NO2-. The number of rotatable bonds is 2. The van der Waals surface area contributed by atoms with Gasteiger partial charge in [0.25, 0.3) is 0 Å². The summed E-state index contributed by atoms with van der Waals surface area (Å²) in [5.74, 6) is 0.412. The molecule has 0 fully saturated rings. The highest BCUT2D eigenvalue weighted by atomic mass is 16.5. The number of hydrogen-bond acceptors (Lipinski definition) is 3. The van der Waals surface area contributed by atoms with Crippen molar-refractivity contribution in [1.29, 1.82) is 0 Å². The van der Waals surface area contributed by atoms with Gasteiger partial charge in [-0.3, -0.25) is 10.3 Å². The summed E-state index contributed by atoms with van der Waals surface area (Å²) in [6, 6.07) is 15.1. The summed E-state index contributed by atoms with van der Waals surface area (Å²) in [4.78, 5) is 0. The number of fused-ring (bicyclic) bond motifs is 1. The predicted molar refractivity (Wildman–Crippen MR) is 72.6 cm³/mol. The molecule has 1 N–H and O–H groups in total. The van der Waals surface area contributed by atoms with Crippen LogP contribution in [0.4, 0.5) is 5.69 Å². The highest BCUT2D eigenvalue weighted by Crippen LogP contribution is 2.43. The molecule has 2 aromatic carbocycles. The van der Waals surface area contributed by atoms with Gasteiger partial charge < -0.3 is 5.11 Å². The molecule has 3 heteroatoms. The minimum absolute atomic E-state index is 0.000637. The summed E-state index contributed by atoms with van der Waals surface area (Å²) >= 11 is 0. The normalized spacial score (nSPS) is 19.3. The molecule has 0 aromatic heterocycles. The summed E-state index contributed by atoms with van der Waals surface area (Å²) in [5, 5.41) is 22.8. The van der Waals surface area contributed by atoms with Gasteiger partial charge in [-0.1, -0.05) is 49.4 Å². The minimum atomic E-state index is -0.000637. The molecule has 98 valence electrons. The maximum atomic E-state index is 11.5. The van der Waals surface area contributed by atoms with E-state index in [1.807, 2.05) is 18.2 Å². The zero-order chi connectivity index (χ0) is 13.4. The SMILES string of the molecule is CC(c1ccccc1)C1CN(O)c2ccc([O-])cc21. The summed E-state index contributed by atoms with van der Waals surface area (Å²) in [6.07, 6.45) is 0. The van der Waals surface area contributed by atoms with Crippen molar-refractivity contribution in [1.82, 2.24) is 0 Å². The van der Waals surface area contributed by atoms with Crippen molar-refractivity contribution in [3.63, 3.8) is 0 Å². The lowest BCUT2D eigenvalue weighted by Gasteiger charge is -2.21. The Kier molecular flexibility index (Phi) is 2.91. The summed E-state index contributed by atoms with van der Waals surface area (Å²) in [6.45, 7) is 2.68. The van der Waals surface area contributed by atoms with Crippen molar-refractivity contribution in [2.75, 3.05) is 11.6 Å². The van der Waals surface area contributed by atoms with Crippen LogP contribution in [0.5, 0.6) is 5.75 Å². The van der Waals surface area contributed by atoms with Crippen LogP contribution in [0.1, 0.15) is 29.9 Å². The van der Waals surface area contributed by atoms with E-state index in [9.17, 15) is 10.3 Å². The lowest BCUT2D eigenvalue weighted by atomic mass is 9.84. The molecular weight excluding hydrogens is 238 g/mol. The second-order valence-electron chi connectivity index (χ2n) is 5.11. The van der Waals surface area contributed by atoms with Gasteiger partial charge in [-0.2, -0.15) is 0 Å². The minimum Gasteiger partial charge on any atom is -0.872 e. The van der Waals surface area contributed by atoms with E-state index in [4.69, 9.17) is 0 Å². The van der Waals surface area contributed by atoms with E-state index in [0.29, 0.717) is 6.54 Å². The Bertz CT molecular complexity index is 583. The number of anilines is 1. The third-order valence-electron chi connectivity index (χ3n) is 3.98. The molecule has 3 nitrogen and oxygen atoms in total. The Balaban J connectivity index is 1.98. The topological polar surface area (TPSA) is 46.5 Å². The Morgan fingerprint density at radius 1 is 1.21 bits per heavy atom. The molecule has 0 saturated carbocycles. The first kappa shape index (κ1) is 12.1. The van der Waals surface area contributed by atoms with Crippen LogP contribution in [0.2, 0.25) is 0 Å². The Morgan fingerprint density at radius 3 is 2.68 bits per heavy atom. The predicted octanol–water partition coefficient (Wildman–Crippen LogP) is 2.86. The molecule has 0 aliphatic carbocycles. The largest absolute Gasteiger partial charge is 0.872 e. The van der Waals surface area contributed by atoms with Gasteiger partial charge in [0.05, 0.1) is 12.2 Å². The Morgan fingerprint density at radius 2 is 1.95 bits per heavy atom. The van der Waals surface area contributed by atoms with Gasteiger partial charge in [0.2, 0.25) is 0 Å². The number of hydrogen-bond donors (Lipinski definition) is 1. The van der Waals surface area contributed by atoms with Crippen LogP contribution < -0.4 is 10.2 Å². The van der Waals surface area contributed by atoms with Gasteiger partial charge >= 0.3 is 0 Å². The highest BCUT2D eigenvalue weighted by molar-refractivity contribution is 5.61. The maximum absolute atomic E-state index is 11.5. The van der Waals surface area contributed by atoms with Crippen LogP contribution in [-0.4, -0.2) is 11.8 Å². The summed E-state index contributed by atoms with van der Waals surface area (Å²) in [7, 11) is 0. The van der Waals surface area contributed by atoms with Crippen molar-refractivity contribution in [2.45, 2.75) is 18.8 Å². The molecule has 1 aliphatic rings. The lowest BCUT2D eigenvalue weighted by Crippen LogP contribution is -2.19. The van der Waals surface area contributed by atoms with Crippen LogP contribution >= 0.6 is 0 Å². The average Bonchev–Trinajstić information content (AvgIpc) is 2.75. The fourth-order valence-electron chi connectivity index (χ4n) is 2.86. The Labute approximate surface area is 112 Å². The molecule has 2 aromatic rings. The first-order valence-corrected chi connectivity index (χ1v) is 6.49. The van der Waals surface area contributed by atoms with E-state index in [1.54, 1.807) is 12.1 Å². The molecule has 2 unspecified atom stereocenters. The van der Waals surface area contributed by atoms with Crippen LogP contribution in [0.15, 0.2) is 48.5 Å². The average molecular weight is 254 g/mol. The summed E-state index contributed by atoms with van der Waals surface area (Å²) in [5.41, 5.74) is 2.93. The van der Waals surface area contributed by atoms with Crippen LogP contribution in [0.25, 0.3) is 0 Å². The quantitative estimate of drug-likeness (QED) is 0.896. The first-order chi connectivity index (χ1) is 9.16. The lowest BCUT2D eigenvalue weighted by molar-refractivity contribution is -0.268. The van der Waals surface area contributed by atoms with E-state index >= 15 is 0 Å². The molecule has 1 aliphatic heterocycles. The second-order valence-corrected chi connectivity index (χ2v) is 5.11. The van der Waals surface area contributed by atoms with E-state index in [0.717, 1.165) is 11.3 Å². The van der Waals surface area contributed by atoms with Crippen LogP contribution in [0.3, 0.4) is 0 Å². The van der Waals surface area contributed by atoms with Gasteiger partial charge in [0.15, 0.2) is 0 Å². The zero-order valence-corrected chi connectivity index (χ0v) is 10.8. The van der Waals surface area contributed by atoms with E-state index < -0.39 is 0 Å². The molecule has 0 bridgehead atoms. The zero-order valence-electron chi connectivity index (χ0n) is 10.8. The van der Waals surface area contributed by atoms with E-state index in [1.165, 1.54) is 16.7 Å². The first-order valence-electron chi connectivity index (χ1n) is 6.49. The molecule has 0 spiro atoms. The van der Waals surface area contributed by atoms with Gasteiger partial charge in [-0.25, -0.2) is 0 Å².